The van der Waals surface area contributed by atoms with Crippen molar-refractivity contribution in [3.05, 3.63) is 0 Å². The third kappa shape index (κ3) is 20.9. The molecule has 0 aliphatic carbocycles. The Morgan fingerprint density at radius 2 is 0.791 bits per heavy atom. The molecular formula is C32H60O8S2Sn. The molecule has 43 heavy (non-hydrogen) atoms. The zero-order valence-corrected chi connectivity index (χ0v) is 32.4. The van der Waals surface area contributed by atoms with E-state index in [-0.39, 0.29) is 24.8 Å². The van der Waals surface area contributed by atoms with Crippen LogP contribution in [0.1, 0.15) is 131 Å². The molecule has 0 bridgehead atoms. The number of carbonyl (C=O) groups excluding carboxylic acids is 4. The summed E-state index contributed by atoms with van der Waals surface area (Å²) in [5.41, 5.74) is 0. The van der Waals surface area contributed by atoms with Gasteiger partial charge in [-0.1, -0.05) is 0 Å². The predicted molar refractivity (Wildman–Crippen MR) is 181 cm³/mol. The summed E-state index contributed by atoms with van der Waals surface area (Å²) in [5, 5.41) is -1.40. The van der Waals surface area contributed by atoms with Crippen LogP contribution in [-0.2, 0) is 38.1 Å². The van der Waals surface area contributed by atoms with Crippen molar-refractivity contribution >= 4 is 57.4 Å². The van der Waals surface area contributed by atoms with E-state index >= 15 is 0 Å². The Labute approximate surface area is 271 Å². The van der Waals surface area contributed by atoms with Crippen LogP contribution in [0.4, 0.5) is 0 Å². The minimum absolute atomic E-state index is 0.0541. The second-order valence-electron chi connectivity index (χ2n) is 10.9. The molecule has 0 N–H and O–H groups in total. The zero-order chi connectivity index (χ0) is 32.3. The molecule has 0 aliphatic rings. The van der Waals surface area contributed by atoms with Crippen LogP contribution in [0.25, 0.3) is 0 Å². The molecule has 0 fully saturated rings. The molecule has 0 saturated heterocycles. The first-order chi connectivity index (χ1) is 20.7. The van der Waals surface area contributed by atoms with Crippen LogP contribution in [0.5, 0.6) is 0 Å². The van der Waals surface area contributed by atoms with Gasteiger partial charge in [0.2, 0.25) is 0 Å². The molecule has 11 heteroatoms. The van der Waals surface area contributed by atoms with Crippen LogP contribution in [0, 0.1) is 0 Å². The van der Waals surface area contributed by atoms with Crippen LogP contribution in [0.2, 0.25) is 8.87 Å². The van der Waals surface area contributed by atoms with Crippen molar-refractivity contribution in [2.75, 3.05) is 26.4 Å². The summed E-state index contributed by atoms with van der Waals surface area (Å²) in [7, 11) is 3.22. The molecule has 8 nitrogen and oxygen atoms in total. The van der Waals surface area contributed by atoms with E-state index in [1.807, 2.05) is 27.7 Å². The Kier molecular flexibility index (Phi) is 27.3. The van der Waals surface area contributed by atoms with Crippen molar-refractivity contribution in [1.29, 1.82) is 0 Å². The maximum atomic E-state index is 13.4. The van der Waals surface area contributed by atoms with Gasteiger partial charge in [-0.25, -0.2) is 0 Å². The maximum absolute atomic E-state index is 13.4. The van der Waals surface area contributed by atoms with Crippen LogP contribution in [0.15, 0.2) is 0 Å². The summed E-state index contributed by atoms with van der Waals surface area (Å²) in [5.74, 6) is -1.57. The van der Waals surface area contributed by atoms with Gasteiger partial charge in [-0.3, -0.25) is 0 Å². The van der Waals surface area contributed by atoms with E-state index in [1.165, 1.54) is 0 Å². The van der Waals surface area contributed by atoms with Gasteiger partial charge in [-0.05, 0) is 0 Å². The summed E-state index contributed by atoms with van der Waals surface area (Å²) >= 11 is -3.58. The summed E-state index contributed by atoms with van der Waals surface area (Å²) in [4.78, 5) is 52.6. The Hall–Kier alpha value is -0.621. The first-order valence-electron chi connectivity index (χ1n) is 16.7. The van der Waals surface area contributed by atoms with E-state index in [0.29, 0.717) is 26.4 Å². The van der Waals surface area contributed by atoms with E-state index in [0.717, 1.165) is 85.9 Å². The summed E-state index contributed by atoms with van der Waals surface area (Å²) in [6.45, 7) is 13.7. The molecule has 0 heterocycles. The van der Waals surface area contributed by atoms with Gasteiger partial charge in [0.25, 0.3) is 0 Å². The van der Waals surface area contributed by atoms with E-state index in [1.54, 1.807) is 17.9 Å². The number of rotatable bonds is 28. The summed E-state index contributed by atoms with van der Waals surface area (Å²) < 4.78 is 24.1. The Morgan fingerprint density at radius 3 is 1.09 bits per heavy atom. The second kappa shape index (κ2) is 27.7. The standard InChI is InChI=1S/2C12H22O4S.2C4H9.Sn/c2*1-3-5-7-15-11(13)9-10(17)12(14)16-8-6-4-2;2*1-3-4-2;/h2*10,17H,3-9H2,1-2H3;2*1,3-4H2,2H3;/q;;;;+2/p-2. The van der Waals surface area contributed by atoms with Crippen molar-refractivity contribution in [2.24, 2.45) is 0 Å². The number of hydrogen-bond acceptors (Lipinski definition) is 10. The van der Waals surface area contributed by atoms with E-state index in [9.17, 15) is 19.2 Å². The average Bonchev–Trinajstić information content (AvgIpc) is 2.98. The first kappa shape index (κ1) is 42.4. The van der Waals surface area contributed by atoms with E-state index in [2.05, 4.69) is 13.8 Å². The number of ether oxygens (including phenoxy) is 4. The van der Waals surface area contributed by atoms with Crippen molar-refractivity contribution in [3.63, 3.8) is 0 Å². The quantitative estimate of drug-likeness (QED) is 0.0335. The molecule has 2 atom stereocenters. The van der Waals surface area contributed by atoms with Crippen LogP contribution >= 0.6 is 17.9 Å². The number of hydrogen-bond donors (Lipinski definition) is 0. The fraction of sp³-hybridized carbons (Fsp3) is 0.875. The minimum atomic E-state index is -3.58. The molecule has 2 unspecified atom stereocenters. The van der Waals surface area contributed by atoms with E-state index < -0.39 is 38.0 Å². The van der Waals surface area contributed by atoms with Crippen molar-refractivity contribution in [3.8, 4) is 0 Å². The molecule has 0 spiro atoms. The zero-order valence-electron chi connectivity index (χ0n) is 27.9. The molecule has 0 aliphatic heterocycles. The van der Waals surface area contributed by atoms with Gasteiger partial charge in [0, 0.05) is 0 Å². The summed E-state index contributed by atoms with van der Waals surface area (Å²) in [6, 6.07) is 0. The van der Waals surface area contributed by atoms with Crippen LogP contribution in [0.3, 0.4) is 0 Å². The molecule has 252 valence electrons. The number of carbonyl (C=O) groups is 4. The third-order valence-corrected chi connectivity index (χ3v) is 36.9. The molecule has 0 amide bonds. The van der Waals surface area contributed by atoms with E-state index in [4.69, 9.17) is 18.9 Å². The van der Waals surface area contributed by atoms with Gasteiger partial charge < -0.3 is 0 Å². The molecule has 0 aromatic carbocycles. The normalized spacial score (nSPS) is 12.8. The molecular weight excluding hydrogens is 695 g/mol. The predicted octanol–water partition coefficient (Wildman–Crippen LogP) is 8.39. The van der Waals surface area contributed by atoms with Crippen LogP contribution in [-0.4, -0.2) is 76.4 Å². The average molecular weight is 756 g/mol. The molecule has 0 radical (unpaired) electrons. The Morgan fingerprint density at radius 1 is 0.488 bits per heavy atom. The first-order valence-corrected chi connectivity index (χ1v) is 29.5. The van der Waals surface area contributed by atoms with Crippen LogP contribution < -0.4 is 0 Å². The fourth-order valence-corrected chi connectivity index (χ4v) is 38.3. The molecule has 0 saturated carbocycles. The Balaban J connectivity index is 6.37. The van der Waals surface area contributed by atoms with Gasteiger partial charge in [0.05, 0.1) is 0 Å². The number of unbranched alkanes of at least 4 members (excludes halogenated alkanes) is 6. The van der Waals surface area contributed by atoms with Gasteiger partial charge >= 0.3 is 273 Å². The topological polar surface area (TPSA) is 105 Å². The number of esters is 4. The van der Waals surface area contributed by atoms with Gasteiger partial charge in [-0.15, -0.1) is 0 Å². The van der Waals surface area contributed by atoms with Gasteiger partial charge in [0.1, 0.15) is 0 Å². The monoisotopic (exact) mass is 756 g/mol. The Bertz CT molecular complexity index is 706. The summed E-state index contributed by atoms with van der Waals surface area (Å²) in [6.07, 6.45) is 10.4. The van der Waals surface area contributed by atoms with Gasteiger partial charge in [0.15, 0.2) is 0 Å². The molecule has 0 aromatic heterocycles. The van der Waals surface area contributed by atoms with Crippen molar-refractivity contribution in [2.45, 2.75) is 151 Å². The SMILES string of the molecule is CCCCOC(=O)CC([S][Sn]([CH2]CCC)([CH2]CCC)[S]C(CC(=O)OCCCC)C(=O)OCCCC)C(=O)OCCCC. The fourth-order valence-electron chi connectivity index (χ4n) is 4.05. The molecule has 0 aromatic rings. The van der Waals surface area contributed by atoms with Crippen molar-refractivity contribution < 1.29 is 38.1 Å². The van der Waals surface area contributed by atoms with Crippen molar-refractivity contribution in [1.82, 2.24) is 0 Å². The second-order valence-corrected chi connectivity index (χ2v) is 36.8. The van der Waals surface area contributed by atoms with Gasteiger partial charge in [-0.2, -0.15) is 0 Å². The molecule has 0 rings (SSSR count). The third-order valence-electron chi connectivity index (χ3n) is 6.77.